The van der Waals surface area contributed by atoms with Crippen LogP contribution in [0.3, 0.4) is 0 Å². The normalized spacial score (nSPS) is 26.1. The molecule has 1 aromatic carbocycles. The van der Waals surface area contributed by atoms with E-state index in [1.807, 2.05) is 32.1 Å². The summed E-state index contributed by atoms with van der Waals surface area (Å²) in [4.78, 5) is 26.1. The van der Waals surface area contributed by atoms with E-state index >= 15 is 0 Å². The summed E-state index contributed by atoms with van der Waals surface area (Å²) in [5, 5.41) is 30.5. The fraction of sp³-hybridized carbons (Fsp3) is 0.538. The fourth-order valence-corrected chi connectivity index (χ4v) is 4.80. The van der Waals surface area contributed by atoms with Gasteiger partial charge in [0.1, 0.15) is 6.04 Å². The molecule has 5 N–H and O–H groups in total. The van der Waals surface area contributed by atoms with Crippen LogP contribution in [0, 0.1) is 5.92 Å². The summed E-state index contributed by atoms with van der Waals surface area (Å²) in [6.45, 7) is 13.7. The van der Waals surface area contributed by atoms with Crippen molar-refractivity contribution in [2.45, 2.75) is 77.0 Å². The Morgan fingerprint density at radius 1 is 1.30 bits per heavy atom. The van der Waals surface area contributed by atoms with Crippen molar-refractivity contribution >= 4 is 23.2 Å². The van der Waals surface area contributed by atoms with Gasteiger partial charge in [0.25, 0.3) is 5.91 Å². The zero-order valence-electron chi connectivity index (χ0n) is 20.3. The maximum absolute atomic E-state index is 13.2. The first kappa shape index (κ1) is 25.0. The van der Waals surface area contributed by atoms with Gasteiger partial charge in [-0.3, -0.25) is 9.59 Å². The number of carbonyl (C=O) groups is 2. The molecule has 33 heavy (non-hydrogen) atoms. The molecule has 0 bridgehead atoms. The summed E-state index contributed by atoms with van der Waals surface area (Å²) >= 11 is 0. The average molecular weight is 456 g/mol. The zero-order valence-corrected chi connectivity index (χ0v) is 20.3. The molecule has 2 aliphatic rings. The number of amides is 2. The Labute approximate surface area is 196 Å². The molecule has 0 radical (unpaired) electrons. The Hall–Kier alpha value is -2.64. The fourth-order valence-electron chi connectivity index (χ4n) is 4.80. The van der Waals surface area contributed by atoms with Gasteiger partial charge in [-0.2, -0.15) is 0 Å². The lowest BCUT2D eigenvalue weighted by molar-refractivity contribution is -0.136. The molecule has 0 aromatic heterocycles. The van der Waals surface area contributed by atoms with Gasteiger partial charge in [-0.25, -0.2) is 0 Å². The first-order valence-electron chi connectivity index (χ1n) is 11.6. The number of nitrogens with one attached hydrogen (secondary N) is 3. The molecule has 0 aliphatic carbocycles. The largest absolute Gasteiger partial charge is 0.394 e. The predicted octanol–water partition coefficient (Wildman–Crippen LogP) is 3.33. The van der Waals surface area contributed by atoms with Gasteiger partial charge in [0.2, 0.25) is 5.91 Å². The number of anilines is 2. The number of hydrogen-bond donors (Lipinski definition) is 5. The third kappa shape index (κ3) is 4.57. The summed E-state index contributed by atoms with van der Waals surface area (Å²) in [5.74, 6) is -0.888. The molecular formula is C26H37N3O4. The molecule has 0 fully saturated rings. The molecule has 7 heteroatoms. The molecule has 0 unspecified atom stereocenters. The van der Waals surface area contributed by atoms with Crippen molar-refractivity contribution in [1.29, 1.82) is 0 Å². The monoisotopic (exact) mass is 455 g/mol. The van der Waals surface area contributed by atoms with Crippen LogP contribution in [0.1, 0.15) is 65.0 Å². The minimum absolute atomic E-state index is 0.0570. The molecule has 180 valence electrons. The quantitative estimate of drug-likeness (QED) is 0.405. The molecule has 0 spiro atoms. The van der Waals surface area contributed by atoms with E-state index in [1.54, 1.807) is 0 Å². The molecule has 3 rings (SSSR count). The van der Waals surface area contributed by atoms with Gasteiger partial charge in [-0.15, -0.1) is 6.58 Å². The van der Waals surface area contributed by atoms with Crippen molar-refractivity contribution in [3.8, 4) is 0 Å². The lowest BCUT2D eigenvalue weighted by Crippen LogP contribution is -2.49. The van der Waals surface area contributed by atoms with Crippen molar-refractivity contribution in [2.75, 3.05) is 17.2 Å². The number of carbonyl (C=O) groups excluding carboxylic acids is 2. The average Bonchev–Trinajstić information content (AvgIpc) is 3.02. The molecule has 2 heterocycles. The van der Waals surface area contributed by atoms with E-state index in [2.05, 4.69) is 49.4 Å². The maximum atomic E-state index is 13.2. The highest BCUT2D eigenvalue weighted by atomic mass is 16.3. The van der Waals surface area contributed by atoms with Crippen LogP contribution >= 0.6 is 0 Å². The summed E-state index contributed by atoms with van der Waals surface area (Å²) in [6, 6.07) is 2.42. The van der Waals surface area contributed by atoms with Crippen molar-refractivity contribution in [3.63, 3.8) is 0 Å². The van der Waals surface area contributed by atoms with Crippen LogP contribution in [0.4, 0.5) is 11.4 Å². The minimum Gasteiger partial charge on any atom is -0.394 e. The molecule has 0 saturated heterocycles. The second-order valence-electron chi connectivity index (χ2n) is 10.1. The molecule has 2 aliphatic heterocycles. The van der Waals surface area contributed by atoms with E-state index in [-0.39, 0.29) is 24.9 Å². The summed E-state index contributed by atoms with van der Waals surface area (Å²) in [5.41, 5.74) is 1.29. The van der Waals surface area contributed by atoms with Crippen LogP contribution in [0.5, 0.6) is 0 Å². The second-order valence-corrected chi connectivity index (χ2v) is 10.1. The lowest BCUT2D eigenvalue weighted by atomic mass is 9.75. The first-order valence-corrected chi connectivity index (χ1v) is 11.6. The Balaban J connectivity index is 2.20. The predicted molar refractivity (Wildman–Crippen MR) is 131 cm³/mol. The number of aliphatic hydroxyl groups excluding tert-OH is 1. The summed E-state index contributed by atoms with van der Waals surface area (Å²) < 4.78 is 0. The number of hydrogen-bond acceptors (Lipinski definition) is 5. The highest BCUT2D eigenvalue weighted by molar-refractivity contribution is 6.08. The summed E-state index contributed by atoms with van der Waals surface area (Å²) in [6.07, 6.45) is 5.56. The number of rotatable bonds is 7. The SMILES string of the molecule is C=C[C@@](C)(CCC=C(C)C)c1ccc2c3c1NC(=O)[C@@]3(O)C[C@@H](CO)NC(=O)[C@@H](C(C)C)N2. The topological polar surface area (TPSA) is 111 Å². The van der Waals surface area contributed by atoms with Gasteiger partial charge < -0.3 is 26.2 Å². The molecule has 0 saturated carbocycles. The molecule has 1 aromatic rings. The van der Waals surface area contributed by atoms with Crippen molar-refractivity contribution < 1.29 is 19.8 Å². The number of aliphatic hydroxyl groups is 2. The third-order valence-electron chi connectivity index (χ3n) is 6.88. The van der Waals surface area contributed by atoms with Gasteiger partial charge in [0.15, 0.2) is 5.60 Å². The smallest absolute Gasteiger partial charge is 0.261 e. The van der Waals surface area contributed by atoms with E-state index in [0.717, 1.165) is 18.4 Å². The molecule has 4 atom stereocenters. The Bertz CT molecular complexity index is 982. The van der Waals surface area contributed by atoms with E-state index in [0.29, 0.717) is 16.9 Å². The standard InChI is InChI=1S/C26H37N3O4/c1-7-25(6,12-8-9-15(2)3)18-10-11-19-20-22(18)29-24(32)26(20,33)13-17(14-30)27-23(31)21(28-19)16(4)5/h7,9-11,16-17,21,28,30,33H,1,8,12-14H2,2-6H3,(H,27,31)(H,29,32)/t17-,21+,25-,26+/m0/s1. The van der Waals surface area contributed by atoms with E-state index < -0.39 is 29.0 Å². The third-order valence-corrected chi connectivity index (χ3v) is 6.88. The van der Waals surface area contributed by atoms with E-state index in [1.165, 1.54) is 5.57 Å². The highest BCUT2D eigenvalue weighted by Gasteiger charge is 2.51. The number of allylic oxidation sites excluding steroid dienone is 3. The van der Waals surface area contributed by atoms with Crippen LogP contribution < -0.4 is 16.0 Å². The first-order chi connectivity index (χ1) is 15.5. The molecule has 7 nitrogen and oxygen atoms in total. The molecule has 2 amide bonds. The van der Waals surface area contributed by atoms with E-state index in [4.69, 9.17) is 0 Å². The Morgan fingerprint density at radius 2 is 2.00 bits per heavy atom. The van der Waals surface area contributed by atoms with Gasteiger partial charge in [0.05, 0.1) is 18.3 Å². The van der Waals surface area contributed by atoms with Gasteiger partial charge in [-0.1, -0.05) is 44.6 Å². The Morgan fingerprint density at radius 3 is 2.58 bits per heavy atom. The number of benzene rings is 1. The highest BCUT2D eigenvalue weighted by Crippen LogP contribution is 2.50. The van der Waals surface area contributed by atoms with Crippen molar-refractivity contribution in [3.05, 3.63) is 47.6 Å². The van der Waals surface area contributed by atoms with Gasteiger partial charge in [0, 0.05) is 23.1 Å². The van der Waals surface area contributed by atoms with Crippen LogP contribution in [-0.4, -0.2) is 40.7 Å². The zero-order chi connectivity index (χ0) is 24.6. The second kappa shape index (κ2) is 9.31. The van der Waals surface area contributed by atoms with Gasteiger partial charge in [-0.05, 0) is 44.2 Å². The van der Waals surface area contributed by atoms with Crippen LogP contribution in [-0.2, 0) is 20.6 Å². The summed E-state index contributed by atoms with van der Waals surface area (Å²) in [7, 11) is 0. The maximum Gasteiger partial charge on any atom is 0.261 e. The van der Waals surface area contributed by atoms with Crippen molar-refractivity contribution in [1.82, 2.24) is 5.32 Å². The van der Waals surface area contributed by atoms with Crippen LogP contribution in [0.25, 0.3) is 0 Å². The van der Waals surface area contributed by atoms with Crippen LogP contribution in [0.15, 0.2) is 36.4 Å². The lowest BCUT2D eigenvalue weighted by Gasteiger charge is -2.31. The van der Waals surface area contributed by atoms with Gasteiger partial charge >= 0.3 is 0 Å². The minimum atomic E-state index is -1.89. The Kier molecular flexibility index (Phi) is 7.05. The van der Waals surface area contributed by atoms with Crippen molar-refractivity contribution in [2.24, 2.45) is 5.92 Å². The van der Waals surface area contributed by atoms with Crippen LogP contribution in [0.2, 0.25) is 0 Å². The molecular weight excluding hydrogens is 418 g/mol. The van der Waals surface area contributed by atoms with E-state index in [9.17, 15) is 19.8 Å².